The van der Waals surface area contributed by atoms with Crippen molar-refractivity contribution in [2.24, 2.45) is 0 Å². The number of H-pyrrole nitrogens is 1. The zero-order chi connectivity index (χ0) is 10.8. The highest BCUT2D eigenvalue weighted by Gasteiger charge is 2.22. The van der Waals surface area contributed by atoms with Crippen molar-refractivity contribution in [2.45, 2.75) is 32.8 Å². The van der Waals surface area contributed by atoms with E-state index >= 15 is 0 Å². The Hall–Kier alpha value is -1.16. The lowest BCUT2D eigenvalue weighted by Gasteiger charge is -2.21. The Balaban J connectivity index is 3.22. The fraction of sp³-hybridized carbons (Fsp3) is 0.600. The molecule has 1 N–H and O–H groups in total. The molecule has 1 aromatic heterocycles. The predicted octanol–water partition coefficient (Wildman–Crippen LogP) is 1.21. The summed E-state index contributed by atoms with van der Waals surface area (Å²) in [5.74, 6) is 0.573. The van der Waals surface area contributed by atoms with Gasteiger partial charge in [-0.3, -0.25) is 4.79 Å². The van der Waals surface area contributed by atoms with Crippen molar-refractivity contribution >= 4 is 0 Å². The van der Waals surface area contributed by atoms with Crippen molar-refractivity contribution < 1.29 is 4.74 Å². The maximum absolute atomic E-state index is 11.3. The molecule has 0 aliphatic carbocycles. The van der Waals surface area contributed by atoms with E-state index in [4.69, 9.17) is 4.74 Å². The lowest BCUT2D eigenvalue weighted by Crippen LogP contribution is -2.27. The second-order valence-corrected chi connectivity index (χ2v) is 3.65. The highest BCUT2D eigenvalue weighted by atomic mass is 16.5. The summed E-state index contributed by atoms with van der Waals surface area (Å²) in [5, 5.41) is 0. The molecule has 0 fully saturated rings. The highest BCUT2D eigenvalue weighted by Crippen LogP contribution is 2.18. The third-order valence-electron chi connectivity index (χ3n) is 2.24. The minimum atomic E-state index is -0.551. The molecule has 0 amide bonds. The minimum absolute atomic E-state index is 0.128. The molecule has 1 aromatic rings. The molecule has 0 unspecified atom stereocenters. The maximum Gasteiger partial charge on any atom is 0.251 e. The van der Waals surface area contributed by atoms with E-state index in [1.165, 1.54) is 6.07 Å². The number of aromatic amines is 1. The first-order valence-corrected chi connectivity index (χ1v) is 4.65. The minimum Gasteiger partial charge on any atom is -0.371 e. The van der Waals surface area contributed by atoms with E-state index in [9.17, 15) is 4.79 Å². The molecule has 4 nitrogen and oxygen atoms in total. The summed E-state index contributed by atoms with van der Waals surface area (Å²) in [6, 6.07) is 1.51. The number of hydrogen-bond acceptors (Lipinski definition) is 3. The molecule has 0 aliphatic rings. The summed E-state index contributed by atoms with van der Waals surface area (Å²) in [6.07, 6.45) is 0.747. The van der Waals surface area contributed by atoms with Gasteiger partial charge in [0.15, 0.2) is 0 Å². The average molecular weight is 196 g/mol. The number of aromatic nitrogens is 2. The van der Waals surface area contributed by atoms with Crippen LogP contribution in [0.25, 0.3) is 0 Å². The fourth-order valence-corrected chi connectivity index (χ4v) is 1.07. The van der Waals surface area contributed by atoms with Gasteiger partial charge in [-0.05, 0) is 20.3 Å². The number of aryl methyl sites for hydroxylation is 1. The molecule has 0 aliphatic heterocycles. The second-order valence-electron chi connectivity index (χ2n) is 3.65. The number of methoxy groups -OCH3 is 1. The van der Waals surface area contributed by atoms with E-state index in [-0.39, 0.29) is 5.56 Å². The van der Waals surface area contributed by atoms with Crippen LogP contribution in [0.4, 0.5) is 0 Å². The lowest BCUT2D eigenvalue weighted by atomic mass is 10.1. The molecule has 78 valence electrons. The Bertz CT molecular complexity index is 369. The first kappa shape index (κ1) is 10.9. The summed E-state index contributed by atoms with van der Waals surface area (Å²) in [5.41, 5.74) is 0.107. The van der Waals surface area contributed by atoms with Crippen molar-refractivity contribution in [3.8, 4) is 0 Å². The van der Waals surface area contributed by atoms with Gasteiger partial charge in [-0.1, -0.05) is 6.92 Å². The molecule has 0 aromatic carbocycles. The molecule has 0 bridgehead atoms. The SMILES string of the molecule is CCc1cc(=O)[nH]c(C(C)(C)OC)n1. The molecule has 0 spiro atoms. The predicted molar refractivity (Wildman–Crippen MR) is 54.3 cm³/mol. The molecule has 0 saturated heterocycles. The van der Waals surface area contributed by atoms with Crippen LogP contribution in [0.15, 0.2) is 10.9 Å². The first-order chi connectivity index (χ1) is 6.49. The van der Waals surface area contributed by atoms with Crippen molar-refractivity contribution in [2.75, 3.05) is 7.11 Å². The van der Waals surface area contributed by atoms with E-state index in [0.717, 1.165) is 12.1 Å². The summed E-state index contributed by atoms with van der Waals surface area (Å²) in [6.45, 7) is 5.70. The number of ether oxygens (including phenoxy) is 1. The first-order valence-electron chi connectivity index (χ1n) is 4.65. The number of nitrogens with one attached hydrogen (secondary N) is 1. The maximum atomic E-state index is 11.3. The largest absolute Gasteiger partial charge is 0.371 e. The van der Waals surface area contributed by atoms with Gasteiger partial charge in [-0.25, -0.2) is 4.98 Å². The third-order valence-corrected chi connectivity index (χ3v) is 2.24. The smallest absolute Gasteiger partial charge is 0.251 e. The van der Waals surface area contributed by atoms with Crippen molar-refractivity contribution in [1.29, 1.82) is 0 Å². The van der Waals surface area contributed by atoms with Gasteiger partial charge in [0.2, 0.25) is 0 Å². The molecule has 0 radical (unpaired) electrons. The van der Waals surface area contributed by atoms with Gasteiger partial charge in [-0.15, -0.1) is 0 Å². The van der Waals surface area contributed by atoms with E-state index in [1.807, 2.05) is 20.8 Å². The number of rotatable bonds is 3. The van der Waals surface area contributed by atoms with E-state index in [2.05, 4.69) is 9.97 Å². The van der Waals surface area contributed by atoms with Crippen LogP contribution in [0.2, 0.25) is 0 Å². The summed E-state index contributed by atoms with van der Waals surface area (Å²) in [7, 11) is 1.60. The molecule has 0 saturated carbocycles. The Morgan fingerprint density at radius 2 is 2.21 bits per heavy atom. The molecular formula is C10H16N2O2. The van der Waals surface area contributed by atoms with Gasteiger partial charge in [0.1, 0.15) is 11.4 Å². The highest BCUT2D eigenvalue weighted by molar-refractivity contribution is 5.06. The molecule has 1 rings (SSSR count). The summed E-state index contributed by atoms with van der Waals surface area (Å²) in [4.78, 5) is 18.3. The quantitative estimate of drug-likeness (QED) is 0.790. The van der Waals surface area contributed by atoms with Gasteiger partial charge < -0.3 is 9.72 Å². The van der Waals surface area contributed by atoms with Crippen molar-refractivity contribution in [3.63, 3.8) is 0 Å². The zero-order valence-electron chi connectivity index (χ0n) is 9.05. The average Bonchev–Trinajstić information content (AvgIpc) is 2.16. The van der Waals surface area contributed by atoms with E-state index in [0.29, 0.717) is 5.82 Å². The lowest BCUT2D eigenvalue weighted by molar-refractivity contribution is 0.0111. The third kappa shape index (κ3) is 2.20. The Morgan fingerprint density at radius 1 is 1.57 bits per heavy atom. The summed E-state index contributed by atoms with van der Waals surface area (Å²) < 4.78 is 5.25. The van der Waals surface area contributed by atoms with Gasteiger partial charge in [-0.2, -0.15) is 0 Å². The van der Waals surface area contributed by atoms with Gasteiger partial charge in [0.25, 0.3) is 5.56 Å². The summed E-state index contributed by atoms with van der Waals surface area (Å²) >= 11 is 0. The molecule has 0 atom stereocenters. The zero-order valence-corrected chi connectivity index (χ0v) is 9.05. The Morgan fingerprint density at radius 3 is 2.71 bits per heavy atom. The van der Waals surface area contributed by atoms with Crippen LogP contribution in [0, 0.1) is 0 Å². The second kappa shape index (κ2) is 3.92. The van der Waals surface area contributed by atoms with Crippen LogP contribution < -0.4 is 5.56 Å². The van der Waals surface area contributed by atoms with Crippen LogP contribution >= 0.6 is 0 Å². The van der Waals surface area contributed by atoms with E-state index < -0.39 is 5.60 Å². The monoisotopic (exact) mass is 196 g/mol. The van der Waals surface area contributed by atoms with E-state index in [1.54, 1.807) is 7.11 Å². The Labute approximate surface area is 83.3 Å². The topological polar surface area (TPSA) is 55.0 Å². The van der Waals surface area contributed by atoms with Crippen molar-refractivity contribution in [3.05, 3.63) is 27.9 Å². The standard InChI is InChI=1S/C10H16N2O2/c1-5-7-6-8(13)12-9(11-7)10(2,3)14-4/h6H,5H2,1-4H3,(H,11,12,13). The van der Waals surface area contributed by atoms with Gasteiger partial charge in [0, 0.05) is 18.9 Å². The number of hydrogen-bond donors (Lipinski definition) is 1. The van der Waals surface area contributed by atoms with Crippen LogP contribution in [0.1, 0.15) is 32.3 Å². The van der Waals surface area contributed by atoms with Crippen LogP contribution in [-0.4, -0.2) is 17.1 Å². The van der Waals surface area contributed by atoms with Gasteiger partial charge in [0.05, 0.1) is 0 Å². The fourth-order valence-electron chi connectivity index (χ4n) is 1.07. The van der Waals surface area contributed by atoms with Crippen LogP contribution in [0.3, 0.4) is 0 Å². The molecular weight excluding hydrogens is 180 g/mol. The van der Waals surface area contributed by atoms with Crippen LogP contribution in [0.5, 0.6) is 0 Å². The molecule has 4 heteroatoms. The normalized spacial score (nSPS) is 11.7. The number of nitrogens with zero attached hydrogens (tertiary/aromatic N) is 1. The van der Waals surface area contributed by atoms with Gasteiger partial charge >= 0.3 is 0 Å². The van der Waals surface area contributed by atoms with Crippen molar-refractivity contribution in [1.82, 2.24) is 9.97 Å². The Kier molecular flexibility index (Phi) is 3.06. The molecule has 1 heterocycles. The van der Waals surface area contributed by atoms with Crippen LogP contribution in [-0.2, 0) is 16.8 Å². The molecule has 14 heavy (non-hydrogen) atoms.